The van der Waals surface area contributed by atoms with Crippen LogP contribution in [0.3, 0.4) is 0 Å². The molecule has 0 saturated heterocycles. The van der Waals surface area contributed by atoms with Gasteiger partial charge in [-0.1, -0.05) is 29.8 Å². The van der Waals surface area contributed by atoms with Gasteiger partial charge in [-0.15, -0.1) is 0 Å². The number of carbonyl (C=O) groups is 2. The number of para-hydroxylation sites is 1. The van der Waals surface area contributed by atoms with Crippen LogP contribution in [0.4, 0.5) is 5.69 Å². The summed E-state index contributed by atoms with van der Waals surface area (Å²) in [6, 6.07) is 14.7. The van der Waals surface area contributed by atoms with Crippen LogP contribution in [-0.2, 0) is 11.3 Å². The van der Waals surface area contributed by atoms with Crippen molar-refractivity contribution in [2.75, 3.05) is 19.4 Å². The van der Waals surface area contributed by atoms with Gasteiger partial charge in [0.15, 0.2) is 0 Å². The predicted molar refractivity (Wildman–Crippen MR) is 100 cm³/mol. The summed E-state index contributed by atoms with van der Waals surface area (Å²) < 4.78 is 1.88. The molecule has 5 nitrogen and oxygen atoms in total. The van der Waals surface area contributed by atoms with E-state index in [0.717, 1.165) is 10.9 Å². The van der Waals surface area contributed by atoms with Gasteiger partial charge in [0.25, 0.3) is 5.91 Å². The summed E-state index contributed by atoms with van der Waals surface area (Å²) in [4.78, 5) is 25.9. The van der Waals surface area contributed by atoms with E-state index in [1.807, 2.05) is 41.1 Å². The summed E-state index contributed by atoms with van der Waals surface area (Å²) in [7, 11) is 3.31. The number of rotatable bonds is 4. The SMILES string of the molecule is CN(C)C(=O)c1cc(NC(=O)Cn2ccc3ccccc32)ccc1Cl. The van der Waals surface area contributed by atoms with Gasteiger partial charge < -0.3 is 14.8 Å². The summed E-state index contributed by atoms with van der Waals surface area (Å²) in [5, 5.41) is 4.26. The van der Waals surface area contributed by atoms with Crippen LogP contribution >= 0.6 is 11.6 Å². The molecule has 0 atom stereocenters. The minimum absolute atomic E-state index is 0.174. The van der Waals surface area contributed by atoms with Crippen molar-refractivity contribution in [3.05, 3.63) is 65.3 Å². The van der Waals surface area contributed by atoms with Crippen LogP contribution in [0.5, 0.6) is 0 Å². The molecule has 2 amide bonds. The summed E-state index contributed by atoms with van der Waals surface area (Å²) >= 11 is 6.09. The third-order valence-corrected chi connectivity index (χ3v) is 4.21. The van der Waals surface area contributed by atoms with E-state index < -0.39 is 0 Å². The van der Waals surface area contributed by atoms with E-state index in [0.29, 0.717) is 16.3 Å². The second kappa shape index (κ2) is 6.99. The summed E-state index contributed by atoms with van der Waals surface area (Å²) in [5.41, 5.74) is 1.89. The van der Waals surface area contributed by atoms with Crippen LogP contribution in [0.2, 0.25) is 5.02 Å². The molecule has 0 spiro atoms. The zero-order valence-electron chi connectivity index (χ0n) is 14.0. The number of anilines is 1. The fraction of sp³-hybridized carbons (Fsp3) is 0.158. The lowest BCUT2D eigenvalue weighted by Crippen LogP contribution is -2.23. The Morgan fingerprint density at radius 1 is 1.12 bits per heavy atom. The van der Waals surface area contributed by atoms with Gasteiger partial charge in [0.2, 0.25) is 5.91 Å². The van der Waals surface area contributed by atoms with Crippen molar-refractivity contribution >= 4 is 40.0 Å². The molecule has 0 aliphatic carbocycles. The lowest BCUT2D eigenvalue weighted by Gasteiger charge is -2.13. The fourth-order valence-electron chi connectivity index (χ4n) is 2.64. The molecule has 3 rings (SSSR count). The molecule has 1 aromatic heterocycles. The summed E-state index contributed by atoms with van der Waals surface area (Å²) in [5.74, 6) is -0.385. The number of carbonyl (C=O) groups excluding carboxylic acids is 2. The lowest BCUT2D eigenvalue weighted by molar-refractivity contribution is -0.116. The molecular formula is C19H18ClN3O2. The van der Waals surface area contributed by atoms with Crippen molar-refractivity contribution < 1.29 is 9.59 Å². The maximum absolute atomic E-state index is 12.4. The molecule has 25 heavy (non-hydrogen) atoms. The molecule has 2 aromatic carbocycles. The molecule has 1 heterocycles. The van der Waals surface area contributed by atoms with Crippen LogP contribution in [0.25, 0.3) is 10.9 Å². The molecule has 0 saturated carbocycles. The van der Waals surface area contributed by atoms with Crippen LogP contribution in [0, 0.1) is 0 Å². The monoisotopic (exact) mass is 355 g/mol. The van der Waals surface area contributed by atoms with Gasteiger partial charge in [0, 0.05) is 31.5 Å². The molecule has 0 aliphatic rings. The highest BCUT2D eigenvalue weighted by molar-refractivity contribution is 6.34. The average Bonchev–Trinajstić information content (AvgIpc) is 2.99. The molecule has 1 N–H and O–H groups in total. The van der Waals surface area contributed by atoms with Gasteiger partial charge in [-0.05, 0) is 35.7 Å². The number of nitrogens with zero attached hydrogens (tertiary/aromatic N) is 2. The first-order valence-electron chi connectivity index (χ1n) is 7.80. The number of amides is 2. The number of halogens is 1. The Balaban J connectivity index is 1.77. The Labute approximate surface area is 150 Å². The van der Waals surface area contributed by atoms with E-state index >= 15 is 0 Å². The van der Waals surface area contributed by atoms with Crippen molar-refractivity contribution in [2.45, 2.75) is 6.54 Å². The lowest BCUT2D eigenvalue weighted by atomic mass is 10.1. The maximum atomic E-state index is 12.4. The molecule has 0 fully saturated rings. The number of hydrogen-bond donors (Lipinski definition) is 1. The number of fused-ring (bicyclic) bond motifs is 1. The van der Waals surface area contributed by atoms with Gasteiger partial charge in [-0.25, -0.2) is 0 Å². The maximum Gasteiger partial charge on any atom is 0.254 e. The summed E-state index contributed by atoms with van der Waals surface area (Å²) in [6.45, 7) is 0.188. The second-order valence-electron chi connectivity index (χ2n) is 5.94. The van der Waals surface area contributed by atoms with Gasteiger partial charge in [-0.3, -0.25) is 9.59 Å². The number of nitrogens with one attached hydrogen (secondary N) is 1. The van der Waals surface area contributed by atoms with E-state index in [-0.39, 0.29) is 18.4 Å². The van der Waals surface area contributed by atoms with E-state index in [1.165, 1.54) is 4.90 Å². The number of benzene rings is 2. The third kappa shape index (κ3) is 3.67. The first kappa shape index (κ1) is 17.0. The molecule has 0 aliphatic heterocycles. The van der Waals surface area contributed by atoms with Gasteiger partial charge in [0.05, 0.1) is 10.6 Å². The normalized spacial score (nSPS) is 10.7. The fourth-order valence-corrected chi connectivity index (χ4v) is 2.84. The van der Waals surface area contributed by atoms with Crippen LogP contribution in [0.1, 0.15) is 10.4 Å². The highest BCUT2D eigenvalue weighted by atomic mass is 35.5. The van der Waals surface area contributed by atoms with Crippen molar-refractivity contribution in [2.24, 2.45) is 0 Å². The van der Waals surface area contributed by atoms with Crippen molar-refractivity contribution in [1.29, 1.82) is 0 Å². The molecule has 3 aromatic rings. The smallest absolute Gasteiger partial charge is 0.254 e. The van der Waals surface area contributed by atoms with E-state index in [1.54, 1.807) is 32.3 Å². The zero-order valence-corrected chi connectivity index (χ0v) is 14.7. The Bertz CT molecular complexity index is 947. The molecule has 0 unspecified atom stereocenters. The van der Waals surface area contributed by atoms with E-state index in [2.05, 4.69) is 5.32 Å². The highest BCUT2D eigenvalue weighted by Gasteiger charge is 2.14. The van der Waals surface area contributed by atoms with E-state index in [9.17, 15) is 9.59 Å². The van der Waals surface area contributed by atoms with Crippen LogP contribution in [-0.4, -0.2) is 35.4 Å². The van der Waals surface area contributed by atoms with Gasteiger partial charge in [-0.2, -0.15) is 0 Å². The minimum atomic E-state index is -0.211. The molecule has 0 bridgehead atoms. The number of aromatic nitrogens is 1. The first-order valence-corrected chi connectivity index (χ1v) is 8.18. The van der Waals surface area contributed by atoms with E-state index in [4.69, 9.17) is 11.6 Å². The van der Waals surface area contributed by atoms with Crippen molar-refractivity contribution in [3.63, 3.8) is 0 Å². The average molecular weight is 356 g/mol. The van der Waals surface area contributed by atoms with Crippen molar-refractivity contribution in [1.82, 2.24) is 9.47 Å². The molecule has 0 radical (unpaired) electrons. The Morgan fingerprint density at radius 3 is 2.64 bits per heavy atom. The van der Waals surface area contributed by atoms with Crippen LogP contribution < -0.4 is 5.32 Å². The Kier molecular flexibility index (Phi) is 4.76. The van der Waals surface area contributed by atoms with Gasteiger partial charge in [0.1, 0.15) is 6.54 Å². The quantitative estimate of drug-likeness (QED) is 0.776. The third-order valence-electron chi connectivity index (χ3n) is 3.88. The Hall–Kier alpha value is -2.79. The molecule has 6 heteroatoms. The van der Waals surface area contributed by atoms with Crippen molar-refractivity contribution in [3.8, 4) is 0 Å². The highest BCUT2D eigenvalue weighted by Crippen LogP contribution is 2.22. The molecule has 128 valence electrons. The van der Waals surface area contributed by atoms with Crippen LogP contribution in [0.15, 0.2) is 54.7 Å². The standard InChI is InChI=1S/C19H18ClN3O2/c1-22(2)19(25)15-11-14(7-8-16(15)20)21-18(24)12-23-10-9-13-5-3-4-6-17(13)23/h3-11H,12H2,1-2H3,(H,21,24). The number of hydrogen-bond acceptors (Lipinski definition) is 2. The molecular weight excluding hydrogens is 338 g/mol. The van der Waals surface area contributed by atoms with Gasteiger partial charge >= 0.3 is 0 Å². The predicted octanol–water partition coefficient (Wildman–Crippen LogP) is 3.64. The second-order valence-corrected chi connectivity index (χ2v) is 6.35. The zero-order chi connectivity index (χ0) is 18.0. The topological polar surface area (TPSA) is 54.3 Å². The largest absolute Gasteiger partial charge is 0.345 e. The minimum Gasteiger partial charge on any atom is -0.345 e. The summed E-state index contributed by atoms with van der Waals surface area (Å²) in [6.07, 6.45) is 1.88. The Morgan fingerprint density at radius 2 is 1.88 bits per heavy atom. The first-order chi connectivity index (χ1) is 12.0.